The molecule has 24 heavy (non-hydrogen) atoms. The van der Waals surface area contributed by atoms with Gasteiger partial charge in [-0.05, 0) is 64.2 Å². The molecule has 0 spiro atoms. The molecule has 2 heterocycles. The standard InChI is InChI=1S/C19H23N3O2/c1-12-15(7-9-22(3)4)17-11-14(5-6-18(17)20-12)21-19(23)16-8-10-24-13(16)2/h5-6,8,10-11,20H,7,9H2,1-4H3,(H,21,23). The van der Waals surface area contributed by atoms with Gasteiger partial charge in [-0.3, -0.25) is 4.79 Å². The largest absolute Gasteiger partial charge is 0.469 e. The van der Waals surface area contributed by atoms with Crippen LogP contribution < -0.4 is 5.32 Å². The first kappa shape index (κ1) is 16.3. The zero-order valence-corrected chi connectivity index (χ0v) is 14.6. The molecule has 0 unspecified atom stereocenters. The lowest BCUT2D eigenvalue weighted by Crippen LogP contribution is -2.15. The van der Waals surface area contributed by atoms with Crippen molar-refractivity contribution in [2.24, 2.45) is 0 Å². The van der Waals surface area contributed by atoms with E-state index in [0.717, 1.165) is 29.6 Å². The van der Waals surface area contributed by atoms with E-state index < -0.39 is 0 Å². The number of benzene rings is 1. The Balaban J connectivity index is 1.88. The average molecular weight is 325 g/mol. The fraction of sp³-hybridized carbons (Fsp3) is 0.316. The summed E-state index contributed by atoms with van der Waals surface area (Å²) in [5.41, 5.74) is 4.93. The summed E-state index contributed by atoms with van der Waals surface area (Å²) < 4.78 is 5.20. The minimum atomic E-state index is -0.150. The normalized spacial score (nSPS) is 11.4. The molecule has 0 radical (unpaired) electrons. The highest BCUT2D eigenvalue weighted by Crippen LogP contribution is 2.26. The number of amides is 1. The van der Waals surface area contributed by atoms with E-state index in [0.29, 0.717) is 11.3 Å². The lowest BCUT2D eigenvalue weighted by atomic mass is 10.1. The number of furan rings is 1. The lowest BCUT2D eigenvalue weighted by molar-refractivity contribution is 0.102. The number of carbonyl (C=O) groups is 1. The van der Waals surface area contributed by atoms with Crippen LogP contribution in [-0.4, -0.2) is 36.4 Å². The van der Waals surface area contributed by atoms with E-state index in [-0.39, 0.29) is 5.91 Å². The number of fused-ring (bicyclic) bond motifs is 1. The molecule has 0 bridgehead atoms. The average Bonchev–Trinajstić information content (AvgIpc) is 3.08. The van der Waals surface area contributed by atoms with Gasteiger partial charge in [-0.2, -0.15) is 0 Å². The highest BCUT2D eigenvalue weighted by atomic mass is 16.3. The van der Waals surface area contributed by atoms with Crippen molar-refractivity contribution in [1.82, 2.24) is 9.88 Å². The summed E-state index contributed by atoms with van der Waals surface area (Å²) >= 11 is 0. The number of aromatic nitrogens is 1. The first-order valence-electron chi connectivity index (χ1n) is 8.07. The summed E-state index contributed by atoms with van der Waals surface area (Å²) in [5, 5.41) is 4.12. The van der Waals surface area contributed by atoms with E-state index in [1.807, 2.05) is 18.2 Å². The highest BCUT2D eigenvalue weighted by molar-refractivity contribution is 6.05. The van der Waals surface area contributed by atoms with Gasteiger partial charge >= 0.3 is 0 Å². The van der Waals surface area contributed by atoms with E-state index in [2.05, 4.69) is 36.2 Å². The molecular weight excluding hydrogens is 302 g/mol. The molecule has 5 heteroatoms. The number of anilines is 1. The number of nitrogens with zero attached hydrogens (tertiary/aromatic N) is 1. The summed E-state index contributed by atoms with van der Waals surface area (Å²) in [6, 6.07) is 7.66. The third-order valence-electron chi connectivity index (χ3n) is 4.29. The quantitative estimate of drug-likeness (QED) is 0.751. The first-order valence-corrected chi connectivity index (χ1v) is 8.07. The number of nitrogens with one attached hydrogen (secondary N) is 2. The maximum atomic E-state index is 12.4. The molecular formula is C19H23N3O2. The maximum Gasteiger partial charge on any atom is 0.259 e. The molecule has 3 rings (SSSR count). The van der Waals surface area contributed by atoms with Gasteiger partial charge in [0.2, 0.25) is 0 Å². The fourth-order valence-electron chi connectivity index (χ4n) is 2.94. The van der Waals surface area contributed by atoms with Crippen LogP contribution in [0.3, 0.4) is 0 Å². The zero-order valence-electron chi connectivity index (χ0n) is 14.6. The van der Waals surface area contributed by atoms with Crippen molar-refractivity contribution in [3.05, 3.63) is 53.1 Å². The molecule has 0 aliphatic heterocycles. The number of hydrogen-bond acceptors (Lipinski definition) is 3. The van der Waals surface area contributed by atoms with Crippen LogP contribution in [0, 0.1) is 13.8 Å². The van der Waals surface area contributed by atoms with E-state index >= 15 is 0 Å². The Bertz CT molecular complexity index is 874. The molecule has 0 aliphatic rings. The Morgan fingerprint density at radius 1 is 1.25 bits per heavy atom. The molecule has 0 fully saturated rings. The Labute approximate surface area is 141 Å². The summed E-state index contributed by atoms with van der Waals surface area (Å²) in [5.74, 6) is 0.473. The van der Waals surface area contributed by atoms with Crippen LogP contribution in [0.2, 0.25) is 0 Å². The lowest BCUT2D eigenvalue weighted by Gasteiger charge is -2.10. The van der Waals surface area contributed by atoms with Gasteiger partial charge in [0.1, 0.15) is 5.76 Å². The number of aryl methyl sites for hydroxylation is 2. The second kappa shape index (κ2) is 6.53. The summed E-state index contributed by atoms with van der Waals surface area (Å²) in [4.78, 5) is 17.9. The van der Waals surface area contributed by atoms with Crippen molar-refractivity contribution in [2.75, 3.05) is 26.0 Å². The Morgan fingerprint density at radius 2 is 2.04 bits per heavy atom. The minimum Gasteiger partial charge on any atom is -0.469 e. The molecule has 1 amide bonds. The van der Waals surface area contributed by atoms with Gasteiger partial charge in [0.05, 0.1) is 11.8 Å². The second-order valence-electron chi connectivity index (χ2n) is 6.39. The second-order valence-corrected chi connectivity index (χ2v) is 6.39. The molecule has 2 N–H and O–H groups in total. The van der Waals surface area contributed by atoms with E-state index in [1.54, 1.807) is 13.0 Å². The maximum absolute atomic E-state index is 12.4. The Kier molecular flexibility index (Phi) is 4.44. The molecule has 0 atom stereocenters. The van der Waals surface area contributed by atoms with Crippen LogP contribution in [0.4, 0.5) is 5.69 Å². The third-order valence-corrected chi connectivity index (χ3v) is 4.29. The van der Waals surface area contributed by atoms with Crippen LogP contribution in [0.15, 0.2) is 34.9 Å². The number of hydrogen-bond donors (Lipinski definition) is 2. The summed E-state index contributed by atoms with van der Waals surface area (Å²) in [6.07, 6.45) is 2.50. The molecule has 0 aliphatic carbocycles. The number of H-pyrrole nitrogens is 1. The fourth-order valence-corrected chi connectivity index (χ4v) is 2.94. The van der Waals surface area contributed by atoms with Gasteiger partial charge in [-0.15, -0.1) is 0 Å². The van der Waals surface area contributed by atoms with Gasteiger partial charge in [0, 0.05) is 28.8 Å². The van der Waals surface area contributed by atoms with Gasteiger partial charge in [-0.25, -0.2) is 0 Å². The SMILES string of the molecule is Cc1[nH]c2ccc(NC(=O)c3ccoc3C)cc2c1CCN(C)C. The van der Waals surface area contributed by atoms with Crippen molar-refractivity contribution in [3.63, 3.8) is 0 Å². The Morgan fingerprint density at radius 3 is 2.71 bits per heavy atom. The molecule has 5 nitrogen and oxygen atoms in total. The number of rotatable bonds is 5. The number of likely N-dealkylation sites (N-methyl/N-ethyl adjacent to an activating group) is 1. The third kappa shape index (κ3) is 3.21. The van der Waals surface area contributed by atoms with E-state index in [4.69, 9.17) is 4.42 Å². The number of aromatic amines is 1. The van der Waals surface area contributed by atoms with Crippen molar-refractivity contribution < 1.29 is 9.21 Å². The predicted octanol–water partition coefficient (Wildman–Crippen LogP) is 3.73. The molecule has 1 aromatic carbocycles. The van der Waals surface area contributed by atoms with E-state index in [1.165, 1.54) is 17.5 Å². The Hall–Kier alpha value is -2.53. The number of carbonyl (C=O) groups excluding carboxylic acids is 1. The van der Waals surface area contributed by atoms with Gasteiger partial charge in [0.15, 0.2) is 0 Å². The van der Waals surface area contributed by atoms with Crippen LogP contribution >= 0.6 is 0 Å². The van der Waals surface area contributed by atoms with Gasteiger partial charge < -0.3 is 19.6 Å². The van der Waals surface area contributed by atoms with Gasteiger partial charge in [0.25, 0.3) is 5.91 Å². The van der Waals surface area contributed by atoms with Crippen molar-refractivity contribution >= 4 is 22.5 Å². The minimum absolute atomic E-state index is 0.150. The molecule has 126 valence electrons. The van der Waals surface area contributed by atoms with Crippen molar-refractivity contribution in [2.45, 2.75) is 20.3 Å². The first-order chi connectivity index (χ1) is 11.5. The smallest absolute Gasteiger partial charge is 0.259 e. The van der Waals surface area contributed by atoms with Crippen LogP contribution in [0.5, 0.6) is 0 Å². The molecule has 2 aromatic heterocycles. The summed E-state index contributed by atoms with van der Waals surface area (Å²) in [6.45, 7) is 4.86. The van der Waals surface area contributed by atoms with Crippen LogP contribution in [0.25, 0.3) is 10.9 Å². The molecule has 3 aromatic rings. The van der Waals surface area contributed by atoms with Crippen LogP contribution in [0.1, 0.15) is 27.4 Å². The summed E-state index contributed by atoms with van der Waals surface area (Å²) in [7, 11) is 4.14. The zero-order chi connectivity index (χ0) is 17.3. The molecule has 0 saturated carbocycles. The van der Waals surface area contributed by atoms with Crippen molar-refractivity contribution in [1.29, 1.82) is 0 Å². The monoisotopic (exact) mass is 325 g/mol. The van der Waals surface area contributed by atoms with E-state index in [9.17, 15) is 4.79 Å². The van der Waals surface area contributed by atoms with Gasteiger partial charge in [-0.1, -0.05) is 0 Å². The highest BCUT2D eigenvalue weighted by Gasteiger charge is 2.13. The van der Waals surface area contributed by atoms with Crippen molar-refractivity contribution in [3.8, 4) is 0 Å². The molecule has 0 saturated heterocycles. The topological polar surface area (TPSA) is 61.3 Å². The predicted molar refractivity (Wildman–Crippen MR) is 96.7 cm³/mol. The van der Waals surface area contributed by atoms with Crippen LogP contribution in [-0.2, 0) is 6.42 Å².